The summed E-state index contributed by atoms with van der Waals surface area (Å²) in [5.74, 6) is -0.289. The summed E-state index contributed by atoms with van der Waals surface area (Å²) in [6, 6.07) is 15.8. The summed E-state index contributed by atoms with van der Waals surface area (Å²) in [7, 11) is 0. The lowest BCUT2D eigenvalue weighted by molar-refractivity contribution is -0.384. The Morgan fingerprint density at radius 2 is 1.94 bits per heavy atom. The Balaban J connectivity index is 1.64. The number of halogens is 1. The number of non-ortho nitro benzene ring substituents is 1. The van der Waals surface area contributed by atoms with Crippen LogP contribution < -0.4 is 5.32 Å². The zero-order chi connectivity index (χ0) is 21.8. The van der Waals surface area contributed by atoms with Gasteiger partial charge in [0.15, 0.2) is 5.13 Å². The zero-order valence-electron chi connectivity index (χ0n) is 16.2. The summed E-state index contributed by atoms with van der Waals surface area (Å²) in [6.07, 6.45) is 4.13. The monoisotopic (exact) mass is 452 g/mol. The number of benzene rings is 2. The van der Waals surface area contributed by atoms with Crippen molar-refractivity contribution in [3.05, 3.63) is 110 Å². The van der Waals surface area contributed by atoms with Gasteiger partial charge in [-0.25, -0.2) is 4.98 Å². The first-order chi connectivity index (χ1) is 15.0. The first-order valence-electron chi connectivity index (χ1n) is 9.35. The maximum absolute atomic E-state index is 12.9. The Kier molecular flexibility index (Phi) is 6.11. The van der Waals surface area contributed by atoms with Gasteiger partial charge in [-0.15, -0.1) is 11.3 Å². The smallest absolute Gasteiger partial charge is 0.274 e. The van der Waals surface area contributed by atoms with Crippen LogP contribution >= 0.6 is 22.9 Å². The topological polar surface area (TPSA) is 90.1 Å². The molecule has 0 atom stereocenters. The van der Waals surface area contributed by atoms with E-state index in [4.69, 9.17) is 11.6 Å². The van der Waals surface area contributed by atoms with Gasteiger partial charge in [0.25, 0.3) is 11.6 Å². The van der Waals surface area contributed by atoms with E-state index in [0.29, 0.717) is 28.8 Å². The molecule has 0 spiro atoms. The number of nitrogens with zero attached hydrogens (tertiary/aromatic N) is 3. The normalized spacial score (nSPS) is 10.7. The molecule has 0 aliphatic heterocycles. The van der Waals surface area contributed by atoms with Crippen LogP contribution in [0.5, 0.6) is 0 Å². The molecule has 2 aromatic heterocycles. The highest BCUT2D eigenvalue weighted by molar-refractivity contribution is 7.13. The van der Waals surface area contributed by atoms with Gasteiger partial charge >= 0.3 is 0 Å². The molecule has 0 saturated carbocycles. The van der Waals surface area contributed by atoms with E-state index in [9.17, 15) is 14.9 Å². The second-order valence-electron chi connectivity index (χ2n) is 6.88. The average Bonchev–Trinajstić information content (AvgIpc) is 3.40. The lowest BCUT2D eigenvalue weighted by atomic mass is 10.1. The minimum Gasteiger partial charge on any atom is -0.339 e. The molecule has 0 aliphatic rings. The number of carbonyl (C=O) groups is 1. The molecule has 0 aliphatic carbocycles. The van der Waals surface area contributed by atoms with Crippen LogP contribution in [0.25, 0.3) is 0 Å². The average molecular weight is 453 g/mol. The maximum atomic E-state index is 12.9. The maximum Gasteiger partial charge on any atom is 0.274 e. The van der Waals surface area contributed by atoms with Gasteiger partial charge in [0.1, 0.15) is 5.69 Å². The number of hydrogen-bond acceptors (Lipinski definition) is 5. The Morgan fingerprint density at radius 3 is 2.65 bits per heavy atom. The fourth-order valence-electron chi connectivity index (χ4n) is 3.24. The number of amides is 1. The molecule has 4 rings (SSSR count). The third-order valence-electron chi connectivity index (χ3n) is 4.63. The van der Waals surface area contributed by atoms with Crippen molar-refractivity contribution in [3.63, 3.8) is 0 Å². The Labute approximate surface area is 187 Å². The molecule has 0 fully saturated rings. The van der Waals surface area contributed by atoms with Crippen molar-refractivity contribution in [1.29, 1.82) is 0 Å². The molecule has 4 aromatic rings. The van der Waals surface area contributed by atoms with Gasteiger partial charge in [0, 0.05) is 41.5 Å². The second kappa shape index (κ2) is 9.11. The summed E-state index contributed by atoms with van der Waals surface area (Å²) < 4.78 is 1.80. The minimum atomic E-state index is -0.429. The molecule has 31 heavy (non-hydrogen) atoms. The van der Waals surface area contributed by atoms with Gasteiger partial charge in [-0.2, -0.15) is 0 Å². The Hall–Kier alpha value is -3.49. The molecule has 0 radical (unpaired) electrons. The molecule has 7 nitrogen and oxygen atoms in total. The molecule has 0 saturated heterocycles. The number of nitro groups is 1. The van der Waals surface area contributed by atoms with Crippen LogP contribution in [0.15, 0.2) is 72.4 Å². The second-order valence-corrected chi connectivity index (χ2v) is 8.21. The molecule has 1 amide bonds. The third-order valence-corrected chi connectivity index (χ3v) is 5.57. The summed E-state index contributed by atoms with van der Waals surface area (Å²) in [5.41, 5.74) is 3.19. The van der Waals surface area contributed by atoms with E-state index in [1.807, 2.05) is 36.5 Å². The Morgan fingerprint density at radius 1 is 1.13 bits per heavy atom. The van der Waals surface area contributed by atoms with Crippen LogP contribution in [0.4, 0.5) is 10.8 Å². The van der Waals surface area contributed by atoms with Crippen LogP contribution in [0.3, 0.4) is 0 Å². The van der Waals surface area contributed by atoms with Crippen molar-refractivity contribution in [2.75, 3.05) is 5.32 Å². The quantitative estimate of drug-likeness (QED) is 0.300. The highest BCUT2D eigenvalue weighted by atomic mass is 35.5. The molecule has 0 unspecified atom stereocenters. The summed E-state index contributed by atoms with van der Waals surface area (Å²) in [5, 5.41) is 16.9. The standard InChI is InChI=1S/C22H17ClN4O3S/c23-18-6-4-15(5-7-18)10-17-12-20(21(28)25-22-24-8-9-31-22)26(14-17)13-16-2-1-3-19(11-16)27(29)30/h1-9,11-12,14H,10,13H2,(H,24,25,28). The lowest BCUT2D eigenvalue weighted by Crippen LogP contribution is -2.17. The van der Waals surface area contributed by atoms with Crippen molar-refractivity contribution in [2.24, 2.45) is 0 Å². The first kappa shape index (κ1) is 20.8. The number of hydrogen-bond donors (Lipinski definition) is 1. The van der Waals surface area contributed by atoms with Gasteiger partial charge in [0.2, 0.25) is 0 Å². The number of aromatic nitrogens is 2. The number of carbonyl (C=O) groups excluding carboxylic acids is 1. The van der Waals surface area contributed by atoms with Crippen molar-refractivity contribution in [1.82, 2.24) is 9.55 Å². The summed E-state index contributed by atoms with van der Waals surface area (Å²) in [6.45, 7) is 0.322. The molecular formula is C22H17ClN4O3S. The van der Waals surface area contributed by atoms with Crippen LogP contribution in [-0.4, -0.2) is 20.4 Å². The zero-order valence-corrected chi connectivity index (χ0v) is 17.8. The van der Waals surface area contributed by atoms with Gasteiger partial charge in [-0.1, -0.05) is 35.9 Å². The number of nitrogens with one attached hydrogen (secondary N) is 1. The van der Waals surface area contributed by atoms with E-state index in [0.717, 1.165) is 16.7 Å². The third kappa shape index (κ3) is 5.17. The Bertz CT molecular complexity index is 1220. The first-order valence-corrected chi connectivity index (χ1v) is 10.6. The van der Waals surface area contributed by atoms with Gasteiger partial charge in [-0.3, -0.25) is 20.2 Å². The van der Waals surface area contributed by atoms with E-state index in [2.05, 4.69) is 10.3 Å². The SMILES string of the molecule is O=C(Nc1nccs1)c1cc(Cc2ccc(Cl)cc2)cn1Cc1cccc([N+](=O)[O-])c1. The molecule has 2 heterocycles. The van der Waals surface area contributed by atoms with Crippen molar-refractivity contribution in [2.45, 2.75) is 13.0 Å². The summed E-state index contributed by atoms with van der Waals surface area (Å²) >= 11 is 7.30. The van der Waals surface area contributed by atoms with Crippen molar-refractivity contribution in [3.8, 4) is 0 Å². The highest BCUT2D eigenvalue weighted by Crippen LogP contribution is 2.21. The molecular weight excluding hydrogens is 436 g/mol. The van der Waals surface area contributed by atoms with Crippen molar-refractivity contribution >= 4 is 39.7 Å². The van der Waals surface area contributed by atoms with E-state index in [1.54, 1.807) is 28.3 Å². The largest absolute Gasteiger partial charge is 0.339 e. The predicted molar refractivity (Wildman–Crippen MR) is 121 cm³/mol. The van der Waals surface area contributed by atoms with E-state index >= 15 is 0 Å². The van der Waals surface area contributed by atoms with Gasteiger partial charge in [-0.05, 0) is 41.3 Å². The number of nitro benzene ring substituents is 1. The summed E-state index contributed by atoms with van der Waals surface area (Å²) in [4.78, 5) is 27.7. The minimum absolute atomic E-state index is 0.0137. The molecule has 0 bridgehead atoms. The fourth-order valence-corrected chi connectivity index (χ4v) is 3.89. The molecule has 1 N–H and O–H groups in total. The van der Waals surface area contributed by atoms with Crippen molar-refractivity contribution < 1.29 is 9.72 Å². The van der Waals surface area contributed by atoms with E-state index in [-0.39, 0.29) is 11.6 Å². The van der Waals surface area contributed by atoms with Crippen LogP contribution in [0, 0.1) is 10.1 Å². The van der Waals surface area contributed by atoms with Crippen LogP contribution in [0.2, 0.25) is 5.02 Å². The van der Waals surface area contributed by atoms with Crippen LogP contribution in [-0.2, 0) is 13.0 Å². The van der Waals surface area contributed by atoms with Gasteiger partial charge < -0.3 is 4.57 Å². The predicted octanol–water partition coefficient (Wildman–Crippen LogP) is 5.40. The molecule has 2 aromatic carbocycles. The molecule has 156 valence electrons. The number of rotatable bonds is 7. The number of thiazole rings is 1. The fraction of sp³-hybridized carbons (Fsp3) is 0.0909. The highest BCUT2D eigenvalue weighted by Gasteiger charge is 2.16. The van der Waals surface area contributed by atoms with Gasteiger partial charge in [0.05, 0.1) is 4.92 Å². The molecule has 9 heteroatoms. The lowest BCUT2D eigenvalue weighted by Gasteiger charge is -2.09. The van der Waals surface area contributed by atoms with E-state index < -0.39 is 4.92 Å². The van der Waals surface area contributed by atoms with E-state index in [1.165, 1.54) is 23.5 Å². The number of anilines is 1. The van der Waals surface area contributed by atoms with Crippen LogP contribution in [0.1, 0.15) is 27.2 Å².